The van der Waals surface area contributed by atoms with Crippen molar-refractivity contribution < 1.29 is 21.6 Å². The number of amides is 1. The van der Waals surface area contributed by atoms with E-state index >= 15 is 0 Å². The Bertz CT molecular complexity index is 972. The SMILES string of the molecule is CCS(=O)(=O)N1CCC(NC(=O)[C@@H](CCSC)NS(=O)(=O)c2cc(C)ccc2C)CC1. The highest BCUT2D eigenvalue weighted by molar-refractivity contribution is 7.98. The third-order valence-corrected chi connectivity index (χ3v) is 9.56. The van der Waals surface area contributed by atoms with Crippen molar-refractivity contribution in [1.82, 2.24) is 14.3 Å². The van der Waals surface area contributed by atoms with Crippen molar-refractivity contribution in [2.75, 3.05) is 30.9 Å². The summed E-state index contributed by atoms with van der Waals surface area (Å²) in [7, 11) is -7.11. The van der Waals surface area contributed by atoms with Gasteiger partial charge in [-0.25, -0.2) is 21.1 Å². The number of piperidine rings is 1. The lowest BCUT2D eigenvalue weighted by Gasteiger charge is -2.32. The second-order valence-electron chi connectivity index (χ2n) is 7.81. The summed E-state index contributed by atoms with van der Waals surface area (Å²) in [5, 5.41) is 2.92. The van der Waals surface area contributed by atoms with Crippen LogP contribution in [-0.4, -0.2) is 70.0 Å². The molecule has 1 fully saturated rings. The Morgan fingerprint density at radius 2 is 1.84 bits per heavy atom. The Morgan fingerprint density at radius 1 is 1.19 bits per heavy atom. The molecule has 31 heavy (non-hydrogen) atoms. The Hall–Kier alpha value is -1.14. The molecule has 176 valence electrons. The topological polar surface area (TPSA) is 113 Å². The van der Waals surface area contributed by atoms with Crippen LogP contribution in [0, 0.1) is 13.8 Å². The largest absolute Gasteiger partial charge is 0.352 e. The summed E-state index contributed by atoms with van der Waals surface area (Å²) < 4.78 is 54.0. The second kappa shape index (κ2) is 11.1. The van der Waals surface area contributed by atoms with Gasteiger partial charge in [-0.3, -0.25) is 4.79 Å². The van der Waals surface area contributed by atoms with Crippen LogP contribution >= 0.6 is 11.8 Å². The third-order valence-electron chi connectivity index (χ3n) is 5.42. The molecule has 1 heterocycles. The van der Waals surface area contributed by atoms with E-state index in [1.54, 1.807) is 26.0 Å². The van der Waals surface area contributed by atoms with Crippen LogP contribution in [0.3, 0.4) is 0 Å². The van der Waals surface area contributed by atoms with Gasteiger partial charge in [-0.05, 0) is 69.2 Å². The predicted molar refractivity (Wildman–Crippen MR) is 125 cm³/mol. The number of thioether (sulfide) groups is 1. The van der Waals surface area contributed by atoms with Crippen LogP contribution in [-0.2, 0) is 24.8 Å². The van der Waals surface area contributed by atoms with Crippen LogP contribution in [0.15, 0.2) is 23.1 Å². The van der Waals surface area contributed by atoms with Gasteiger partial charge >= 0.3 is 0 Å². The Labute approximate surface area is 190 Å². The number of carbonyl (C=O) groups is 1. The fourth-order valence-corrected chi connectivity index (χ4v) is 6.65. The minimum Gasteiger partial charge on any atom is -0.352 e. The molecule has 0 bridgehead atoms. The first kappa shape index (κ1) is 26.1. The van der Waals surface area contributed by atoms with Gasteiger partial charge in [0.2, 0.25) is 26.0 Å². The minimum absolute atomic E-state index is 0.0565. The number of hydrogen-bond acceptors (Lipinski definition) is 6. The molecule has 0 spiro atoms. The van der Waals surface area contributed by atoms with Crippen LogP contribution in [0.2, 0.25) is 0 Å². The maximum absolute atomic E-state index is 13.0. The van der Waals surface area contributed by atoms with Crippen LogP contribution in [0.5, 0.6) is 0 Å². The summed E-state index contributed by atoms with van der Waals surface area (Å²) in [5.41, 5.74) is 1.44. The number of hydrogen-bond donors (Lipinski definition) is 2. The first-order chi connectivity index (χ1) is 14.5. The number of benzene rings is 1. The Kier molecular flexibility index (Phi) is 9.38. The summed E-state index contributed by atoms with van der Waals surface area (Å²) in [6.45, 7) is 5.86. The van der Waals surface area contributed by atoms with E-state index in [0.717, 1.165) is 5.56 Å². The van der Waals surface area contributed by atoms with Gasteiger partial charge in [0.15, 0.2) is 0 Å². The van der Waals surface area contributed by atoms with Gasteiger partial charge in [0.1, 0.15) is 6.04 Å². The van der Waals surface area contributed by atoms with E-state index in [-0.39, 0.29) is 22.6 Å². The van der Waals surface area contributed by atoms with E-state index in [1.807, 2.05) is 19.2 Å². The second-order valence-corrected chi connectivity index (χ2v) is 12.7. The fraction of sp³-hybridized carbons (Fsp3) is 0.650. The Morgan fingerprint density at radius 3 is 2.42 bits per heavy atom. The molecule has 2 N–H and O–H groups in total. The molecule has 1 aromatic carbocycles. The molecule has 8 nitrogen and oxygen atoms in total. The zero-order valence-electron chi connectivity index (χ0n) is 18.5. The maximum atomic E-state index is 13.0. The summed E-state index contributed by atoms with van der Waals surface area (Å²) in [6, 6.07) is 4.12. The highest BCUT2D eigenvalue weighted by atomic mass is 32.2. The molecule has 1 atom stereocenters. The Balaban J connectivity index is 2.08. The first-order valence-corrected chi connectivity index (χ1v) is 14.9. The minimum atomic E-state index is -3.87. The standard InChI is InChI=1S/C20H33N3O5S3/c1-5-30(25,26)23-11-8-17(9-12-23)21-20(24)18(10-13-29-4)22-31(27,28)19-14-15(2)6-7-16(19)3/h6-7,14,17-18,22H,5,8-13H2,1-4H3,(H,21,24)/t18-/m1/s1. The van der Waals surface area contributed by atoms with Crippen molar-refractivity contribution in [3.63, 3.8) is 0 Å². The van der Waals surface area contributed by atoms with Gasteiger partial charge in [-0.1, -0.05) is 12.1 Å². The fourth-order valence-electron chi connectivity index (χ4n) is 3.49. The predicted octanol–water partition coefficient (Wildman–Crippen LogP) is 1.63. The van der Waals surface area contributed by atoms with Crippen molar-refractivity contribution in [1.29, 1.82) is 0 Å². The maximum Gasteiger partial charge on any atom is 0.241 e. The van der Waals surface area contributed by atoms with Crippen LogP contribution < -0.4 is 10.0 Å². The third kappa shape index (κ3) is 7.18. The quantitative estimate of drug-likeness (QED) is 0.514. The number of nitrogens with one attached hydrogen (secondary N) is 2. The molecule has 1 aliphatic rings. The molecule has 1 aliphatic heterocycles. The lowest BCUT2D eigenvalue weighted by Crippen LogP contribution is -2.52. The van der Waals surface area contributed by atoms with Crippen LogP contribution in [0.1, 0.15) is 37.3 Å². The van der Waals surface area contributed by atoms with Crippen molar-refractivity contribution in [3.8, 4) is 0 Å². The van der Waals surface area contributed by atoms with E-state index in [4.69, 9.17) is 0 Å². The molecule has 0 aliphatic carbocycles. The zero-order valence-corrected chi connectivity index (χ0v) is 21.0. The highest BCUT2D eigenvalue weighted by Crippen LogP contribution is 2.19. The van der Waals surface area contributed by atoms with E-state index in [2.05, 4.69) is 10.0 Å². The molecular weight excluding hydrogens is 458 g/mol. The lowest BCUT2D eigenvalue weighted by atomic mass is 10.1. The van der Waals surface area contributed by atoms with Crippen molar-refractivity contribution in [2.24, 2.45) is 0 Å². The molecule has 0 unspecified atom stereocenters. The van der Waals surface area contributed by atoms with E-state index in [1.165, 1.54) is 16.1 Å². The number of carbonyl (C=O) groups excluding carboxylic acids is 1. The van der Waals surface area contributed by atoms with Gasteiger partial charge in [0.05, 0.1) is 10.6 Å². The highest BCUT2D eigenvalue weighted by Gasteiger charge is 2.31. The van der Waals surface area contributed by atoms with E-state index < -0.39 is 26.1 Å². The van der Waals surface area contributed by atoms with Crippen molar-refractivity contribution >= 4 is 37.7 Å². The lowest BCUT2D eigenvalue weighted by molar-refractivity contribution is -0.123. The van der Waals surface area contributed by atoms with Gasteiger partial charge in [0, 0.05) is 19.1 Å². The summed E-state index contributed by atoms with van der Waals surface area (Å²) >= 11 is 1.54. The number of aryl methyl sites for hydroxylation is 2. The van der Waals surface area contributed by atoms with Crippen molar-refractivity contribution in [3.05, 3.63) is 29.3 Å². The average molecular weight is 492 g/mol. The number of sulfonamides is 2. The average Bonchev–Trinajstić information content (AvgIpc) is 2.73. The molecule has 0 radical (unpaired) electrons. The van der Waals surface area contributed by atoms with Crippen LogP contribution in [0.4, 0.5) is 0 Å². The van der Waals surface area contributed by atoms with Gasteiger partial charge in [0.25, 0.3) is 0 Å². The monoisotopic (exact) mass is 491 g/mol. The molecule has 1 amide bonds. The van der Waals surface area contributed by atoms with Gasteiger partial charge < -0.3 is 5.32 Å². The summed E-state index contributed by atoms with van der Waals surface area (Å²) in [4.78, 5) is 13.1. The first-order valence-electron chi connectivity index (χ1n) is 10.4. The summed E-state index contributed by atoms with van der Waals surface area (Å²) in [6.07, 6.45) is 3.27. The number of rotatable bonds is 10. The molecule has 0 saturated carbocycles. The van der Waals surface area contributed by atoms with E-state index in [0.29, 0.717) is 43.7 Å². The van der Waals surface area contributed by atoms with E-state index in [9.17, 15) is 21.6 Å². The molecule has 2 rings (SSSR count). The summed E-state index contributed by atoms with van der Waals surface area (Å²) in [5.74, 6) is 0.307. The smallest absolute Gasteiger partial charge is 0.241 e. The van der Waals surface area contributed by atoms with Crippen LogP contribution in [0.25, 0.3) is 0 Å². The zero-order chi connectivity index (χ0) is 23.2. The molecule has 0 aromatic heterocycles. The number of nitrogens with zero attached hydrogens (tertiary/aromatic N) is 1. The molecule has 1 saturated heterocycles. The van der Waals surface area contributed by atoms with Gasteiger partial charge in [-0.2, -0.15) is 16.5 Å². The normalized spacial score (nSPS) is 17.4. The van der Waals surface area contributed by atoms with Crippen molar-refractivity contribution in [2.45, 2.75) is 57.0 Å². The molecule has 11 heteroatoms. The molecular formula is C20H33N3O5S3. The van der Waals surface area contributed by atoms with Gasteiger partial charge in [-0.15, -0.1) is 0 Å². The molecule has 1 aromatic rings.